The topological polar surface area (TPSA) is 18.1 Å². The van der Waals surface area contributed by atoms with E-state index in [1.807, 2.05) is 0 Å². The Morgan fingerprint density at radius 2 is 0.885 bits per heavy atom. The molecule has 0 unspecified atom stereocenters. The highest BCUT2D eigenvalue weighted by Crippen LogP contribution is 2.49. The van der Waals surface area contributed by atoms with Crippen LogP contribution >= 0.6 is 0 Å². The summed E-state index contributed by atoms with van der Waals surface area (Å²) in [4.78, 5) is 0. The summed E-state index contributed by atoms with van der Waals surface area (Å²) in [6, 6.07) is 67.9. The molecule has 0 N–H and O–H groups in total. The Labute approximate surface area is 300 Å². The highest BCUT2D eigenvalue weighted by atomic mass is 16.3. The number of hydrogen-bond acceptors (Lipinski definition) is 1. The molecule has 2 heterocycles. The summed E-state index contributed by atoms with van der Waals surface area (Å²) in [6.07, 6.45) is 0. The third kappa shape index (κ3) is 4.19. The lowest BCUT2D eigenvalue weighted by Crippen LogP contribution is -1.93. The van der Waals surface area contributed by atoms with E-state index in [4.69, 9.17) is 4.42 Å². The maximum Gasteiger partial charge on any atom is 0.143 e. The van der Waals surface area contributed by atoms with Gasteiger partial charge in [-0.1, -0.05) is 146 Å². The molecule has 0 aliphatic heterocycles. The number of aromatic nitrogens is 1. The van der Waals surface area contributed by atoms with E-state index in [1.165, 1.54) is 65.6 Å². The molecule has 2 nitrogen and oxygen atoms in total. The minimum atomic E-state index is 0.898. The van der Waals surface area contributed by atoms with Crippen LogP contribution in [0.1, 0.15) is 0 Å². The molecule has 11 aromatic rings. The summed E-state index contributed by atoms with van der Waals surface area (Å²) >= 11 is 0. The molecular formula is C50H31NO. The minimum Gasteiger partial charge on any atom is -0.455 e. The second kappa shape index (κ2) is 11.3. The standard InChI is InChI=1S/C50H31NO/c1-3-15-32(16-4-1)35-28-29-42(49-41-24-12-14-26-46(41)52-50(35)49)48-39-22-9-7-20-37(39)47(38-21-8-10-23-40(38)48)33-27-30-45-43(31-33)36-19-11-13-25-44(36)51(45)34-17-5-2-6-18-34/h1-31H. The fraction of sp³-hybridized carbons (Fsp3) is 0. The fourth-order valence-electron chi connectivity index (χ4n) is 8.59. The molecule has 0 aliphatic rings. The van der Waals surface area contributed by atoms with Crippen molar-refractivity contribution in [2.24, 2.45) is 0 Å². The zero-order valence-electron chi connectivity index (χ0n) is 28.3. The lowest BCUT2D eigenvalue weighted by Gasteiger charge is -2.19. The number of rotatable bonds is 4. The number of fused-ring (bicyclic) bond motifs is 8. The predicted molar refractivity (Wildman–Crippen MR) is 219 cm³/mol. The molecular weight excluding hydrogens is 631 g/mol. The van der Waals surface area contributed by atoms with Crippen LogP contribution in [-0.4, -0.2) is 4.57 Å². The molecule has 11 rings (SSSR count). The van der Waals surface area contributed by atoms with Gasteiger partial charge in [0.1, 0.15) is 11.2 Å². The highest BCUT2D eigenvalue weighted by Gasteiger charge is 2.23. The Kier molecular flexibility index (Phi) is 6.28. The van der Waals surface area contributed by atoms with Crippen molar-refractivity contribution in [2.75, 3.05) is 0 Å². The van der Waals surface area contributed by atoms with Crippen LogP contribution in [0.25, 0.3) is 104 Å². The van der Waals surface area contributed by atoms with Gasteiger partial charge in [0, 0.05) is 32.8 Å². The lowest BCUT2D eigenvalue weighted by atomic mass is 9.84. The molecule has 0 atom stereocenters. The predicted octanol–water partition coefficient (Wildman–Crippen LogP) is 14.0. The first-order valence-electron chi connectivity index (χ1n) is 17.9. The molecule has 0 fully saturated rings. The van der Waals surface area contributed by atoms with Gasteiger partial charge in [-0.3, -0.25) is 0 Å². The molecule has 242 valence electrons. The van der Waals surface area contributed by atoms with Gasteiger partial charge in [0.15, 0.2) is 0 Å². The lowest BCUT2D eigenvalue weighted by molar-refractivity contribution is 0.670. The molecule has 0 bridgehead atoms. The zero-order chi connectivity index (χ0) is 34.2. The van der Waals surface area contributed by atoms with Gasteiger partial charge in [0.2, 0.25) is 0 Å². The number of hydrogen-bond donors (Lipinski definition) is 0. The maximum atomic E-state index is 6.73. The van der Waals surface area contributed by atoms with E-state index < -0.39 is 0 Å². The van der Waals surface area contributed by atoms with Gasteiger partial charge < -0.3 is 8.98 Å². The number of benzene rings is 9. The monoisotopic (exact) mass is 661 g/mol. The van der Waals surface area contributed by atoms with Crippen LogP contribution < -0.4 is 0 Å². The van der Waals surface area contributed by atoms with E-state index in [0.29, 0.717) is 0 Å². The smallest absolute Gasteiger partial charge is 0.143 e. The summed E-state index contributed by atoms with van der Waals surface area (Å²) in [7, 11) is 0. The van der Waals surface area contributed by atoms with E-state index in [2.05, 4.69) is 193 Å². The van der Waals surface area contributed by atoms with Gasteiger partial charge in [-0.2, -0.15) is 0 Å². The van der Waals surface area contributed by atoms with Gasteiger partial charge >= 0.3 is 0 Å². The van der Waals surface area contributed by atoms with E-state index in [1.54, 1.807) is 0 Å². The van der Waals surface area contributed by atoms with E-state index in [-0.39, 0.29) is 0 Å². The van der Waals surface area contributed by atoms with E-state index in [9.17, 15) is 0 Å². The van der Waals surface area contributed by atoms with Crippen LogP contribution in [0.15, 0.2) is 192 Å². The molecule has 0 aliphatic carbocycles. The summed E-state index contributed by atoms with van der Waals surface area (Å²) < 4.78 is 9.11. The third-order valence-corrected chi connectivity index (χ3v) is 10.8. The largest absolute Gasteiger partial charge is 0.455 e. The summed E-state index contributed by atoms with van der Waals surface area (Å²) in [5.74, 6) is 0. The van der Waals surface area contributed by atoms with Crippen molar-refractivity contribution in [3.05, 3.63) is 188 Å². The molecule has 0 radical (unpaired) electrons. The van der Waals surface area contributed by atoms with Crippen molar-refractivity contribution in [1.82, 2.24) is 4.57 Å². The van der Waals surface area contributed by atoms with Gasteiger partial charge in [-0.25, -0.2) is 0 Å². The Bertz CT molecular complexity index is 3110. The molecule has 2 heteroatoms. The van der Waals surface area contributed by atoms with Crippen LogP contribution in [0.3, 0.4) is 0 Å². The normalized spacial score (nSPS) is 11.8. The number of furan rings is 1. The zero-order valence-corrected chi connectivity index (χ0v) is 28.3. The Hall–Kier alpha value is -6.90. The highest BCUT2D eigenvalue weighted by molar-refractivity contribution is 6.27. The first-order valence-corrected chi connectivity index (χ1v) is 17.9. The third-order valence-electron chi connectivity index (χ3n) is 10.8. The Morgan fingerprint density at radius 1 is 0.346 bits per heavy atom. The van der Waals surface area contributed by atoms with Crippen LogP contribution in [-0.2, 0) is 0 Å². The Balaban J connectivity index is 1.23. The van der Waals surface area contributed by atoms with Gasteiger partial charge in [0.05, 0.1) is 11.0 Å². The van der Waals surface area contributed by atoms with Crippen molar-refractivity contribution in [3.8, 4) is 39.1 Å². The molecule has 0 saturated carbocycles. The maximum absolute atomic E-state index is 6.73. The van der Waals surface area contributed by atoms with Gasteiger partial charge in [-0.05, 0) is 91.8 Å². The first kappa shape index (κ1) is 28.9. The van der Waals surface area contributed by atoms with E-state index in [0.717, 1.165) is 38.8 Å². The molecule has 52 heavy (non-hydrogen) atoms. The van der Waals surface area contributed by atoms with Crippen LogP contribution in [0.4, 0.5) is 0 Å². The van der Waals surface area contributed by atoms with Gasteiger partial charge in [-0.15, -0.1) is 0 Å². The SMILES string of the molecule is c1ccc(-c2ccc(-c3c4ccccc4c(-c4ccc5c(c4)c4ccccc4n5-c4ccccc4)c4ccccc34)c3c2oc2ccccc23)cc1. The molecule has 0 amide bonds. The summed E-state index contributed by atoms with van der Waals surface area (Å²) in [6.45, 7) is 0. The average Bonchev–Trinajstić information content (AvgIpc) is 3.77. The summed E-state index contributed by atoms with van der Waals surface area (Å²) in [5, 5.41) is 9.69. The van der Waals surface area contributed by atoms with Crippen molar-refractivity contribution in [2.45, 2.75) is 0 Å². The second-order valence-electron chi connectivity index (χ2n) is 13.6. The number of para-hydroxylation sites is 3. The van der Waals surface area contributed by atoms with Crippen molar-refractivity contribution in [3.63, 3.8) is 0 Å². The Morgan fingerprint density at radius 3 is 1.60 bits per heavy atom. The van der Waals surface area contributed by atoms with Crippen molar-refractivity contribution >= 4 is 65.3 Å². The molecule has 0 saturated heterocycles. The molecule has 2 aromatic heterocycles. The summed E-state index contributed by atoms with van der Waals surface area (Å²) in [5.41, 5.74) is 12.5. The van der Waals surface area contributed by atoms with Crippen LogP contribution in [0, 0.1) is 0 Å². The molecule has 9 aromatic carbocycles. The second-order valence-corrected chi connectivity index (χ2v) is 13.6. The quantitative estimate of drug-likeness (QED) is 0.172. The van der Waals surface area contributed by atoms with Crippen molar-refractivity contribution in [1.29, 1.82) is 0 Å². The first-order chi connectivity index (χ1) is 25.8. The number of nitrogens with zero attached hydrogens (tertiary/aromatic N) is 1. The van der Waals surface area contributed by atoms with Crippen LogP contribution in [0.5, 0.6) is 0 Å². The minimum absolute atomic E-state index is 0.898. The molecule has 0 spiro atoms. The average molecular weight is 662 g/mol. The van der Waals surface area contributed by atoms with Crippen LogP contribution in [0.2, 0.25) is 0 Å². The van der Waals surface area contributed by atoms with E-state index >= 15 is 0 Å². The van der Waals surface area contributed by atoms with Gasteiger partial charge in [0.25, 0.3) is 0 Å². The fourth-order valence-corrected chi connectivity index (χ4v) is 8.59. The van der Waals surface area contributed by atoms with Crippen molar-refractivity contribution < 1.29 is 4.42 Å².